The van der Waals surface area contributed by atoms with Crippen molar-refractivity contribution in [3.8, 4) is 11.1 Å². The highest BCUT2D eigenvalue weighted by atomic mass is 35.5. The number of benzene rings is 2. The number of hydrogen-bond donors (Lipinski definition) is 1. The highest BCUT2D eigenvalue weighted by Gasteiger charge is 2.32. The lowest BCUT2D eigenvalue weighted by Crippen LogP contribution is -2.12. The third-order valence-electron chi connectivity index (χ3n) is 3.62. The fourth-order valence-electron chi connectivity index (χ4n) is 2.52. The number of alkyl halides is 3. The number of amides is 1. The number of aliphatic imine (C=N–C) groups is 1. The molecule has 3 nitrogen and oxygen atoms in total. The zero-order chi connectivity index (χ0) is 16.8. The van der Waals surface area contributed by atoms with Gasteiger partial charge in [0, 0.05) is 11.8 Å². The van der Waals surface area contributed by atoms with Gasteiger partial charge in [0.25, 0.3) is 0 Å². The Hall–Kier alpha value is -2.34. The SMILES string of the molecule is NC(=O)c1cc(-c2cc(C(F)(F)F)cc3c2C=NC3)ccc1Cl. The lowest BCUT2D eigenvalue weighted by atomic mass is 9.93. The minimum atomic E-state index is -4.47. The Morgan fingerprint density at radius 3 is 2.61 bits per heavy atom. The Labute approximate surface area is 134 Å². The molecular weight excluding hydrogens is 329 g/mol. The highest BCUT2D eigenvalue weighted by molar-refractivity contribution is 6.34. The van der Waals surface area contributed by atoms with Crippen LogP contribution >= 0.6 is 11.6 Å². The van der Waals surface area contributed by atoms with E-state index < -0.39 is 17.6 Å². The molecular formula is C16H10ClF3N2O. The van der Waals surface area contributed by atoms with Crippen molar-refractivity contribution in [3.05, 3.63) is 57.6 Å². The van der Waals surface area contributed by atoms with Crippen LogP contribution in [0.25, 0.3) is 11.1 Å². The van der Waals surface area contributed by atoms with E-state index in [-0.39, 0.29) is 17.1 Å². The standard InChI is InChI=1S/C16H10ClF3N2O/c17-14-2-1-8(4-12(14)15(21)23)11-5-10(16(18,19)20)3-9-6-22-7-13(9)11/h1-5,7H,6H2,(H2,21,23). The van der Waals surface area contributed by atoms with Crippen LogP contribution in [0.2, 0.25) is 5.02 Å². The molecule has 118 valence electrons. The Kier molecular flexibility index (Phi) is 3.64. The second-order valence-corrected chi connectivity index (χ2v) is 5.53. The van der Waals surface area contributed by atoms with Crippen molar-refractivity contribution in [2.24, 2.45) is 10.7 Å². The molecule has 0 fully saturated rings. The molecule has 7 heteroatoms. The minimum Gasteiger partial charge on any atom is -0.366 e. The van der Waals surface area contributed by atoms with Crippen molar-refractivity contribution in [3.63, 3.8) is 0 Å². The van der Waals surface area contributed by atoms with Crippen molar-refractivity contribution in [1.82, 2.24) is 0 Å². The molecule has 1 aliphatic heterocycles. The van der Waals surface area contributed by atoms with Gasteiger partial charge in [0.15, 0.2) is 0 Å². The maximum Gasteiger partial charge on any atom is 0.416 e. The predicted octanol–water partition coefficient (Wildman–Crippen LogP) is 4.06. The smallest absolute Gasteiger partial charge is 0.366 e. The number of primary amides is 1. The Morgan fingerprint density at radius 1 is 1.22 bits per heavy atom. The van der Waals surface area contributed by atoms with E-state index >= 15 is 0 Å². The van der Waals surface area contributed by atoms with Crippen molar-refractivity contribution in [1.29, 1.82) is 0 Å². The summed E-state index contributed by atoms with van der Waals surface area (Å²) in [6.07, 6.45) is -2.94. The van der Waals surface area contributed by atoms with E-state index in [1.807, 2.05) is 0 Å². The van der Waals surface area contributed by atoms with Crippen LogP contribution in [-0.4, -0.2) is 12.1 Å². The average molecular weight is 339 g/mol. The first-order chi connectivity index (χ1) is 10.8. The second-order valence-electron chi connectivity index (χ2n) is 5.12. The Balaban J connectivity index is 2.24. The zero-order valence-electron chi connectivity index (χ0n) is 11.6. The molecule has 0 aromatic heterocycles. The van der Waals surface area contributed by atoms with E-state index in [0.717, 1.165) is 12.1 Å². The molecule has 2 aromatic rings. The summed E-state index contributed by atoms with van der Waals surface area (Å²) in [7, 11) is 0. The summed E-state index contributed by atoms with van der Waals surface area (Å²) >= 11 is 5.89. The van der Waals surface area contributed by atoms with Gasteiger partial charge in [-0.1, -0.05) is 17.7 Å². The molecule has 0 atom stereocenters. The fourth-order valence-corrected chi connectivity index (χ4v) is 2.73. The first kappa shape index (κ1) is 15.6. The summed E-state index contributed by atoms with van der Waals surface area (Å²) in [5, 5.41) is 0.151. The number of nitrogens with zero attached hydrogens (tertiary/aromatic N) is 1. The minimum absolute atomic E-state index is 0.0604. The molecule has 1 aliphatic rings. The van der Waals surface area contributed by atoms with Crippen LogP contribution in [-0.2, 0) is 12.7 Å². The normalized spacial score (nSPS) is 13.2. The number of nitrogens with two attached hydrogens (primary N) is 1. The van der Waals surface area contributed by atoms with Gasteiger partial charge in [-0.2, -0.15) is 13.2 Å². The third-order valence-corrected chi connectivity index (χ3v) is 3.95. The monoisotopic (exact) mass is 338 g/mol. The fraction of sp³-hybridized carbons (Fsp3) is 0.125. The first-order valence-electron chi connectivity index (χ1n) is 6.61. The Morgan fingerprint density at radius 2 is 1.96 bits per heavy atom. The van der Waals surface area contributed by atoms with Gasteiger partial charge in [0.2, 0.25) is 5.91 Å². The van der Waals surface area contributed by atoms with E-state index in [1.54, 1.807) is 6.07 Å². The number of hydrogen-bond acceptors (Lipinski definition) is 2. The van der Waals surface area contributed by atoms with Gasteiger partial charge in [-0.05, 0) is 41.0 Å². The van der Waals surface area contributed by atoms with Crippen LogP contribution in [0.3, 0.4) is 0 Å². The molecule has 2 N–H and O–H groups in total. The summed E-state index contributed by atoms with van der Waals surface area (Å²) in [6.45, 7) is 0.197. The molecule has 1 heterocycles. The summed E-state index contributed by atoms with van der Waals surface area (Å²) in [5.41, 5.74) is 6.42. The summed E-state index contributed by atoms with van der Waals surface area (Å²) < 4.78 is 39.3. The molecule has 0 bridgehead atoms. The molecule has 0 saturated carbocycles. The highest BCUT2D eigenvalue weighted by Crippen LogP contribution is 2.37. The summed E-state index contributed by atoms with van der Waals surface area (Å²) in [5.74, 6) is -0.742. The molecule has 1 amide bonds. The molecule has 2 aromatic carbocycles. The van der Waals surface area contributed by atoms with Gasteiger partial charge in [-0.15, -0.1) is 0 Å². The van der Waals surface area contributed by atoms with E-state index in [9.17, 15) is 18.0 Å². The molecule has 0 spiro atoms. The molecule has 3 rings (SSSR count). The van der Waals surface area contributed by atoms with Crippen LogP contribution in [0.1, 0.15) is 27.0 Å². The largest absolute Gasteiger partial charge is 0.416 e. The second kappa shape index (κ2) is 5.38. The number of carbonyl (C=O) groups is 1. The maximum absolute atomic E-state index is 13.1. The molecule has 23 heavy (non-hydrogen) atoms. The maximum atomic E-state index is 13.1. The zero-order valence-corrected chi connectivity index (χ0v) is 12.4. The summed E-state index contributed by atoms with van der Waals surface area (Å²) in [6, 6.07) is 6.53. The summed E-state index contributed by atoms with van der Waals surface area (Å²) in [4.78, 5) is 15.4. The van der Waals surface area contributed by atoms with Gasteiger partial charge in [-0.3, -0.25) is 9.79 Å². The van der Waals surface area contributed by atoms with Crippen LogP contribution < -0.4 is 5.73 Å². The molecule has 0 radical (unpaired) electrons. The van der Waals surface area contributed by atoms with E-state index in [1.165, 1.54) is 18.3 Å². The van der Waals surface area contributed by atoms with Gasteiger partial charge >= 0.3 is 6.18 Å². The average Bonchev–Trinajstić information content (AvgIpc) is 2.94. The van der Waals surface area contributed by atoms with Crippen molar-refractivity contribution in [2.45, 2.75) is 12.7 Å². The van der Waals surface area contributed by atoms with E-state index in [4.69, 9.17) is 17.3 Å². The van der Waals surface area contributed by atoms with Crippen LogP contribution in [0.4, 0.5) is 13.2 Å². The lowest BCUT2D eigenvalue weighted by molar-refractivity contribution is -0.137. The predicted molar refractivity (Wildman–Crippen MR) is 81.7 cm³/mol. The van der Waals surface area contributed by atoms with Crippen molar-refractivity contribution >= 4 is 23.7 Å². The third kappa shape index (κ3) is 2.82. The quantitative estimate of drug-likeness (QED) is 0.882. The number of carbonyl (C=O) groups excluding carboxylic acids is 1. The molecule has 0 unspecified atom stereocenters. The first-order valence-corrected chi connectivity index (χ1v) is 6.99. The molecule has 0 saturated heterocycles. The lowest BCUT2D eigenvalue weighted by Gasteiger charge is -2.14. The van der Waals surface area contributed by atoms with Crippen LogP contribution in [0.5, 0.6) is 0 Å². The number of halogens is 4. The number of fused-ring (bicyclic) bond motifs is 1. The van der Waals surface area contributed by atoms with Gasteiger partial charge in [-0.25, -0.2) is 0 Å². The van der Waals surface area contributed by atoms with Gasteiger partial charge in [0.05, 0.1) is 22.7 Å². The van der Waals surface area contributed by atoms with Crippen molar-refractivity contribution < 1.29 is 18.0 Å². The van der Waals surface area contributed by atoms with Gasteiger partial charge < -0.3 is 5.73 Å². The van der Waals surface area contributed by atoms with Gasteiger partial charge in [0.1, 0.15) is 0 Å². The molecule has 0 aliphatic carbocycles. The topological polar surface area (TPSA) is 55.5 Å². The number of rotatable bonds is 2. The van der Waals surface area contributed by atoms with E-state index in [0.29, 0.717) is 22.3 Å². The van der Waals surface area contributed by atoms with Crippen molar-refractivity contribution in [2.75, 3.05) is 0 Å². The van der Waals surface area contributed by atoms with Crippen LogP contribution in [0.15, 0.2) is 35.3 Å². The van der Waals surface area contributed by atoms with Crippen LogP contribution in [0, 0.1) is 0 Å². The van der Waals surface area contributed by atoms with E-state index in [2.05, 4.69) is 4.99 Å². The Bertz CT molecular complexity index is 844.